The van der Waals surface area contributed by atoms with Gasteiger partial charge in [-0.25, -0.2) is 16.8 Å². The maximum absolute atomic E-state index is 12.0. The second-order valence-corrected chi connectivity index (χ2v) is 8.93. The lowest BCUT2D eigenvalue weighted by atomic mass is 10.0. The normalized spacial score (nSPS) is 27.5. The number of hydrogen-bond donors (Lipinski definition) is 1. The maximum Gasteiger partial charge on any atom is 0.215 e. The highest BCUT2D eigenvalue weighted by molar-refractivity contribution is 7.93. The van der Waals surface area contributed by atoms with Gasteiger partial charge in [0.15, 0.2) is 0 Å². The first-order chi connectivity index (χ1) is 7.67. The molecule has 0 spiro atoms. The SMILES string of the molecule is CC1CCN(S(=O)(=O)CCS(C)(=O)=O)C1CN. The molecule has 8 heteroatoms. The van der Waals surface area contributed by atoms with E-state index in [1.165, 1.54) is 4.31 Å². The third-order valence-corrected chi connectivity index (χ3v) is 6.23. The Labute approximate surface area is 103 Å². The van der Waals surface area contributed by atoms with Crippen molar-refractivity contribution in [1.29, 1.82) is 0 Å². The molecule has 1 aliphatic rings. The van der Waals surface area contributed by atoms with E-state index in [4.69, 9.17) is 5.73 Å². The van der Waals surface area contributed by atoms with E-state index in [1.54, 1.807) is 0 Å². The predicted octanol–water partition coefficient (Wildman–Crippen LogP) is -0.970. The zero-order valence-corrected chi connectivity index (χ0v) is 11.8. The zero-order valence-electron chi connectivity index (χ0n) is 10.2. The van der Waals surface area contributed by atoms with Gasteiger partial charge >= 0.3 is 0 Å². The van der Waals surface area contributed by atoms with Crippen LogP contribution in [0.3, 0.4) is 0 Å². The molecule has 2 unspecified atom stereocenters. The summed E-state index contributed by atoms with van der Waals surface area (Å²) in [5.74, 6) is -0.458. The van der Waals surface area contributed by atoms with Crippen molar-refractivity contribution in [3.05, 3.63) is 0 Å². The summed E-state index contributed by atoms with van der Waals surface area (Å²) in [6, 6.07) is -0.195. The summed E-state index contributed by atoms with van der Waals surface area (Å²) in [6.45, 7) is 2.68. The van der Waals surface area contributed by atoms with E-state index >= 15 is 0 Å². The van der Waals surface area contributed by atoms with Crippen LogP contribution >= 0.6 is 0 Å². The summed E-state index contributed by atoms with van der Waals surface area (Å²) >= 11 is 0. The highest BCUT2D eigenvalue weighted by atomic mass is 32.2. The smallest absolute Gasteiger partial charge is 0.215 e. The van der Waals surface area contributed by atoms with Gasteiger partial charge in [-0.2, -0.15) is 4.31 Å². The summed E-state index contributed by atoms with van der Waals surface area (Å²) in [4.78, 5) is 0. The molecular weight excluding hydrogens is 264 g/mol. The summed E-state index contributed by atoms with van der Waals surface area (Å²) in [5, 5.41) is 0. The Bertz CT molecular complexity index is 457. The number of rotatable bonds is 5. The molecule has 0 aromatic heterocycles. The Kier molecular flexibility index (Phi) is 4.56. The van der Waals surface area contributed by atoms with Crippen LogP contribution in [0.15, 0.2) is 0 Å². The molecule has 2 atom stereocenters. The Morgan fingerprint density at radius 3 is 2.29 bits per heavy atom. The van der Waals surface area contributed by atoms with Crippen molar-refractivity contribution in [2.24, 2.45) is 11.7 Å². The van der Waals surface area contributed by atoms with E-state index in [0.29, 0.717) is 6.54 Å². The molecule has 1 fully saturated rings. The lowest BCUT2D eigenvalue weighted by Crippen LogP contribution is -2.44. The molecule has 0 radical (unpaired) electrons. The molecule has 0 aliphatic carbocycles. The Morgan fingerprint density at radius 2 is 1.82 bits per heavy atom. The molecule has 0 amide bonds. The van der Waals surface area contributed by atoms with Gasteiger partial charge in [0.05, 0.1) is 11.5 Å². The highest BCUT2D eigenvalue weighted by Gasteiger charge is 2.37. The predicted molar refractivity (Wildman–Crippen MR) is 66.8 cm³/mol. The van der Waals surface area contributed by atoms with E-state index in [0.717, 1.165) is 12.7 Å². The molecular formula is C9H20N2O4S2. The van der Waals surface area contributed by atoms with Gasteiger partial charge in [0, 0.05) is 25.4 Å². The number of nitrogens with two attached hydrogens (primary N) is 1. The molecule has 2 N–H and O–H groups in total. The van der Waals surface area contributed by atoms with Crippen LogP contribution in [-0.2, 0) is 19.9 Å². The van der Waals surface area contributed by atoms with Crippen molar-refractivity contribution in [3.63, 3.8) is 0 Å². The van der Waals surface area contributed by atoms with Gasteiger partial charge in [-0.15, -0.1) is 0 Å². The van der Waals surface area contributed by atoms with Gasteiger partial charge in [0.1, 0.15) is 9.84 Å². The number of nitrogens with zero attached hydrogens (tertiary/aromatic N) is 1. The Hall–Kier alpha value is -0.180. The quantitative estimate of drug-likeness (QED) is 0.700. The second kappa shape index (κ2) is 5.21. The van der Waals surface area contributed by atoms with Crippen molar-refractivity contribution in [2.75, 3.05) is 30.9 Å². The van der Waals surface area contributed by atoms with Crippen molar-refractivity contribution in [1.82, 2.24) is 4.31 Å². The summed E-state index contributed by atoms with van der Waals surface area (Å²) < 4.78 is 47.4. The topological polar surface area (TPSA) is 97.5 Å². The molecule has 102 valence electrons. The molecule has 17 heavy (non-hydrogen) atoms. The second-order valence-electron chi connectivity index (χ2n) is 4.63. The van der Waals surface area contributed by atoms with Gasteiger partial charge in [-0.05, 0) is 12.3 Å². The molecule has 1 saturated heterocycles. The third kappa shape index (κ3) is 3.90. The van der Waals surface area contributed by atoms with E-state index in [1.807, 2.05) is 6.92 Å². The molecule has 0 bridgehead atoms. The monoisotopic (exact) mass is 284 g/mol. The summed E-state index contributed by atoms with van der Waals surface area (Å²) in [7, 11) is -6.77. The van der Waals surface area contributed by atoms with Gasteiger partial charge in [0.25, 0.3) is 0 Å². The van der Waals surface area contributed by atoms with Crippen LogP contribution in [0, 0.1) is 5.92 Å². The first-order valence-electron chi connectivity index (χ1n) is 5.54. The molecule has 0 aromatic carbocycles. The van der Waals surface area contributed by atoms with Gasteiger partial charge in [-0.3, -0.25) is 0 Å². The maximum atomic E-state index is 12.0. The van der Waals surface area contributed by atoms with Crippen LogP contribution in [0.2, 0.25) is 0 Å². The minimum atomic E-state index is -3.51. The molecule has 0 aromatic rings. The van der Waals surface area contributed by atoms with Crippen molar-refractivity contribution < 1.29 is 16.8 Å². The third-order valence-electron chi connectivity index (χ3n) is 3.14. The van der Waals surface area contributed by atoms with Crippen LogP contribution in [0.5, 0.6) is 0 Å². The summed E-state index contributed by atoms with van der Waals surface area (Å²) in [5.41, 5.74) is 5.57. The van der Waals surface area contributed by atoms with Crippen molar-refractivity contribution in [3.8, 4) is 0 Å². The zero-order chi connectivity index (χ0) is 13.3. The van der Waals surface area contributed by atoms with Crippen LogP contribution in [-0.4, -0.2) is 58.0 Å². The Balaban J connectivity index is 2.77. The average molecular weight is 284 g/mol. The van der Waals surface area contributed by atoms with Gasteiger partial charge < -0.3 is 5.73 Å². The minimum absolute atomic E-state index is 0.195. The first kappa shape index (κ1) is 14.9. The lowest BCUT2D eigenvalue weighted by Gasteiger charge is -2.24. The molecule has 6 nitrogen and oxygen atoms in total. The number of sulfonamides is 1. The fourth-order valence-corrected chi connectivity index (χ4v) is 5.42. The van der Waals surface area contributed by atoms with Crippen LogP contribution in [0.1, 0.15) is 13.3 Å². The summed E-state index contributed by atoms with van der Waals surface area (Å²) in [6.07, 6.45) is 1.81. The van der Waals surface area contributed by atoms with E-state index in [-0.39, 0.29) is 30.0 Å². The van der Waals surface area contributed by atoms with Crippen LogP contribution < -0.4 is 5.73 Å². The fourth-order valence-electron chi connectivity index (χ4n) is 2.04. The van der Waals surface area contributed by atoms with Gasteiger partial charge in [0.2, 0.25) is 10.0 Å². The largest absolute Gasteiger partial charge is 0.329 e. The van der Waals surface area contributed by atoms with Crippen LogP contribution in [0.25, 0.3) is 0 Å². The van der Waals surface area contributed by atoms with E-state index < -0.39 is 19.9 Å². The molecule has 1 aliphatic heterocycles. The molecule has 0 saturated carbocycles. The van der Waals surface area contributed by atoms with E-state index in [9.17, 15) is 16.8 Å². The lowest BCUT2D eigenvalue weighted by molar-refractivity contribution is 0.355. The number of sulfone groups is 1. The van der Waals surface area contributed by atoms with Gasteiger partial charge in [-0.1, -0.05) is 6.92 Å². The van der Waals surface area contributed by atoms with Crippen LogP contribution in [0.4, 0.5) is 0 Å². The first-order valence-corrected chi connectivity index (χ1v) is 9.21. The average Bonchev–Trinajstić information content (AvgIpc) is 2.56. The minimum Gasteiger partial charge on any atom is -0.329 e. The Morgan fingerprint density at radius 1 is 1.24 bits per heavy atom. The number of hydrogen-bond acceptors (Lipinski definition) is 5. The fraction of sp³-hybridized carbons (Fsp3) is 1.00. The molecule has 1 rings (SSSR count). The highest BCUT2D eigenvalue weighted by Crippen LogP contribution is 2.26. The van der Waals surface area contributed by atoms with Crippen molar-refractivity contribution >= 4 is 19.9 Å². The van der Waals surface area contributed by atoms with Crippen molar-refractivity contribution in [2.45, 2.75) is 19.4 Å². The van der Waals surface area contributed by atoms with E-state index in [2.05, 4.69) is 0 Å². The molecule has 1 heterocycles. The standard InChI is InChI=1S/C9H20N2O4S2/c1-8-3-4-11(9(8)7-10)17(14,15)6-5-16(2,12)13/h8-9H,3-7,10H2,1-2H3.